The van der Waals surface area contributed by atoms with Crippen LogP contribution in [0.4, 0.5) is 0 Å². The number of benzene rings is 1. The Morgan fingerprint density at radius 3 is 3.00 bits per heavy atom. The van der Waals surface area contributed by atoms with Crippen molar-refractivity contribution in [3.63, 3.8) is 0 Å². The molecular weight excluding hydrogens is 339 g/mol. The maximum Gasteiger partial charge on any atom is 0.352 e. The predicted molar refractivity (Wildman–Crippen MR) is 72.2 cm³/mol. The first kappa shape index (κ1) is 11.7. The molecule has 1 heterocycles. The summed E-state index contributed by atoms with van der Waals surface area (Å²) in [4.78, 5) is 11.8. The van der Waals surface area contributed by atoms with Crippen LogP contribution in [0.5, 0.6) is 5.75 Å². The van der Waals surface area contributed by atoms with Gasteiger partial charge < -0.3 is 9.84 Å². The van der Waals surface area contributed by atoms with Crippen LogP contribution >= 0.6 is 33.9 Å². The minimum absolute atomic E-state index is 0.0250. The fourth-order valence-electron chi connectivity index (χ4n) is 1.39. The van der Waals surface area contributed by atoms with Crippen molar-refractivity contribution in [1.29, 1.82) is 0 Å². The number of fused-ring (bicyclic) bond motifs is 1. The van der Waals surface area contributed by atoms with Crippen molar-refractivity contribution in [2.75, 3.05) is 6.61 Å². The van der Waals surface area contributed by atoms with E-state index in [4.69, 9.17) is 4.74 Å². The van der Waals surface area contributed by atoms with E-state index in [0.717, 1.165) is 8.27 Å². The topological polar surface area (TPSA) is 46.5 Å². The van der Waals surface area contributed by atoms with Gasteiger partial charge in [0.05, 0.1) is 6.61 Å². The molecule has 0 spiro atoms. The van der Waals surface area contributed by atoms with Crippen molar-refractivity contribution >= 4 is 50.0 Å². The molecule has 0 aliphatic rings. The van der Waals surface area contributed by atoms with Crippen molar-refractivity contribution in [3.05, 3.63) is 26.6 Å². The molecule has 0 radical (unpaired) electrons. The van der Waals surface area contributed by atoms with E-state index < -0.39 is 5.97 Å². The van der Waals surface area contributed by atoms with Gasteiger partial charge in [-0.3, -0.25) is 0 Å². The molecule has 2 aromatic rings. The van der Waals surface area contributed by atoms with Crippen molar-refractivity contribution < 1.29 is 14.6 Å². The van der Waals surface area contributed by atoms with Gasteiger partial charge in [-0.15, -0.1) is 11.3 Å². The average Bonchev–Trinajstić information content (AvgIpc) is 2.57. The van der Waals surface area contributed by atoms with E-state index in [0.29, 0.717) is 12.0 Å². The van der Waals surface area contributed by atoms with Crippen LogP contribution in [-0.2, 0) is 4.74 Å². The van der Waals surface area contributed by atoms with E-state index in [2.05, 4.69) is 22.6 Å². The van der Waals surface area contributed by atoms with E-state index in [1.54, 1.807) is 6.92 Å². The predicted octanol–water partition coefficient (Wildman–Crippen LogP) is 3.39. The van der Waals surface area contributed by atoms with Gasteiger partial charge in [-0.2, -0.15) is 0 Å². The van der Waals surface area contributed by atoms with E-state index in [-0.39, 0.29) is 10.6 Å². The van der Waals surface area contributed by atoms with Crippen LogP contribution in [0, 0.1) is 3.57 Å². The molecule has 3 nitrogen and oxygen atoms in total. The largest absolute Gasteiger partial charge is 0.505 e. The molecule has 2 rings (SSSR count). The smallest absolute Gasteiger partial charge is 0.352 e. The number of hydrogen-bond acceptors (Lipinski definition) is 4. The van der Waals surface area contributed by atoms with E-state index in [9.17, 15) is 9.90 Å². The van der Waals surface area contributed by atoms with E-state index in [1.807, 2.05) is 18.2 Å². The monoisotopic (exact) mass is 348 g/mol. The number of rotatable bonds is 2. The highest BCUT2D eigenvalue weighted by Gasteiger charge is 2.18. The summed E-state index contributed by atoms with van der Waals surface area (Å²) in [6.45, 7) is 2.05. The highest BCUT2D eigenvalue weighted by atomic mass is 127. The summed E-state index contributed by atoms with van der Waals surface area (Å²) in [6.07, 6.45) is 0. The molecule has 5 heteroatoms. The highest BCUT2D eigenvalue weighted by molar-refractivity contribution is 14.1. The van der Waals surface area contributed by atoms with Gasteiger partial charge >= 0.3 is 5.97 Å². The number of thiophene rings is 1. The van der Waals surface area contributed by atoms with Crippen LogP contribution in [-0.4, -0.2) is 17.7 Å². The Morgan fingerprint density at radius 2 is 2.31 bits per heavy atom. The van der Waals surface area contributed by atoms with Gasteiger partial charge in [-0.1, -0.05) is 0 Å². The lowest BCUT2D eigenvalue weighted by Gasteiger charge is -1.98. The first-order valence-electron chi connectivity index (χ1n) is 4.71. The standard InChI is InChI=1S/C11H9IO3S/c1-2-15-11(14)10-9(13)7-5-6(12)3-4-8(7)16-10/h3-5,13H,2H2,1H3. The molecular formula is C11H9IO3S. The van der Waals surface area contributed by atoms with Crippen LogP contribution in [0.15, 0.2) is 18.2 Å². The third-order valence-electron chi connectivity index (χ3n) is 2.08. The molecule has 0 bridgehead atoms. The molecule has 0 saturated heterocycles. The molecule has 16 heavy (non-hydrogen) atoms. The third kappa shape index (κ3) is 2.01. The number of ether oxygens (including phenoxy) is 1. The molecule has 0 aliphatic heterocycles. The Bertz CT molecular complexity index is 547. The Kier molecular flexibility index (Phi) is 3.34. The molecule has 0 saturated carbocycles. The fraction of sp³-hybridized carbons (Fsp3) is 0.182. The number of aromatic hydroxyl groups is 1. The Balaban J connectivity index is 2.56. The number of halogens is 1. The maximum atomic E-state index is 11.5. The number of carbonyl (C=O) groups excluding carboxylic acids is 1. The maximum absolute atomic E-state index is 11.5. The van der Waals surface area contributed by atoms with E-state index in [1.165, 1.54) is 11.3 Å². The summed E-state index contributed by atoms with van der Waals surface area (Å²) in [5.74, 6) is -0.437. The summed E-state index contributed by atoms with van der Waals surface area (Å²) in [7, 11) is 0. The van der Waals surface area contributed by atoms with Crippen LogP contribution in [0.3, 0.4) is 0 Å². The Morgan fingerprint density at radius 1 is 1.56 bits per heavy atom. The van der Waals surface area contributed by atoms with Crippen molar-refractivity contribution in [2.24, 2.45) is 0 Å². The average molecular weight is 348 g/mol. The molecule has 0 atom stereocenters. The van der Waals surface area contributed by atoms with Crippen molar-refractivity contribution in [1.82, 2.24) is 0 Å². The van der Waals surface area contributed by atoms with Crippen molar-refractivity contribution in [2.45, 2.75) is 6.92 Å². The molecule has 0 aliphatic carbocycles. The quantitative estimate of drug-likeness (QED) is 0.669. The first-order chi connectivity index (χ1) is 7.63. The SMILES string of the molecule is CCOC(=O)c1sc2ccc(I)cc2c1O. The minimum atomic E-state index is -0.462. The first-order valence-corrected chi connectivity index (χ1v) is 6.61. The summed E-state index contributed by atoms with van der Waals surface area (Å²) in [5, 5.41) is 10.6. The summed E-state index contributed by atoms with van der Waals surface area (Å²) < 4.78 is 6.79. The van der Waals surface area contributed by atoms with Gasteiger partial charge in [0.15, 0.2) is 4.88 Å². The number of hydrogen-bond donors (Lipinski definition) is 1. The van der Waals surface area contributed by atoms with Crippen LogP contribution in [0.2, 0.25) is 0 Å². The van der Waals surface area contributed by atoms with Gasteiger partial charge in [-0.25, -0.2) is 4.79 Å². The molecule has 84 valence electrons. The van der Waals surface area contributed by atoms with Crippen LogP contribution < -0.4 is 0 Å². The highest BCUT2D eigenvalue weighted by Crippen LogP contribution is 2.37. The Labute approximate surface area is 110 Å². The number of esters is 1. The van der Waals surface area contributed by atoms with Gasteiger partial charge in [0.1, 0.15) is 5.75 Å². The molecule has 1 aromatic carbocycles. The summed E-state index contributed by atoms with van der Waals surface area (Å²) in [6, 6.07) is 5.68. The van der Waals surface area contributed by atoms with Crippen LogP contribution in [0.25, 0.3) is 10.1 Å². The summed E-state index contributed by atoms with van der Waals surface area (Å²) in [5.41, 5.74) is 0. The second-order valence-electron chi connectivity index (χ2n) is 3.14. The van der Waals surface area contributed by atoms with Gasteiger partial charge in [0.2, 0.25) is 0 Å². The van der Waals surface area contributed by atoms with Gasteiger partial charge in [0, 0.05) is 13.7 Å². The van der Waals surface area contributed by atoms with Gasteiger partial charge in [-0.05, 0) is 47.7 Å². The zero-order valence-electron chi connectivity index (χ0n) is 8.49. The molecule has 1 N–H and O–H groups in total. The second kappa shape index (κ2) is 4.58. The van der Waals surface area contributed by atoms with Crippen molar-refractivity contribution in [3.8, 4) is 5.75 Å². The molecule has 1 aromatic heterocycles. The zero-order chi connectivity index (χ0) is 11.7. The molecule has 0 unspecified atom stereocenters. The number of carbonyl (C=O) groups is 1. The second-order valence-corrected chi connectivity index (χ2v) is 5.44. The minimum Gasteiger partial charge on any atom is -0.505 e. The van der Waals surface area contributed by atoms with Crippen LogP contribution in [0.1, 0.15) is 16.6 Å². The molecule has 0 amide bonds. The lowest BCUT2D eigenvalue weighted by atomic mass is 10.2. The molecule has 0 fully saturated rings. The normalized spacial score (nSPS) is 10.6. The lowest BCUT2D eigenvalue weighted by Crippen LogP contribution is -2.01. The van der Waals surface area contributed by atoms with E-state index >= 15 is 0 Å². The zero-order valence-corrected chi connectivity index (χ0v) is 11.5. The summed E-state index contributed by atoms with van der Waals surface area (Å²) >= 11 is 3.42. The fourth-order valence-corrected chi connectivity index (χ4v) is 2.85. The van der Waals surface area contributed by atoms with Gasteiger partial charge in [0.25, 0.3) is 0 Å². The third-order valence-corrected chi connectivity index (χ3v) is 3.90. The Hall–Kier alpha value is -0.820. The lowest BCUT2D eigenvalue weighted by molar-refractivity contribution is 0.0529.